The van der Waals surface area contributed by atoms with Gasteiger partial charge in [-0.25, -0.2) is 9.97 Å². The third-order valence-electron chi connectivity index (χ3n) is 2.06. The molecule has 0 radical (unpaired) electrons. The van der Waals surface area contributed by atoms with Gasteiger partial charge in [0.2, 0.25) is 0 Å². The molecule has 0 bridgehead atoms. The van der Waals surface area contributed by atoms with Gasteiger partial charge >= 0.3 is 0 Å². The topological polar surface area (TPSA) is 66.0 Å². The minimum absolute atomic E-state index is 0.239. The molecule has 0 aliphatic rings. The summed E-state index contributed by atoms with van der Waals surface area (Å²) in [6, 6.07) is 3.62. The number of pyridine rings is 1. The molecule has 0 aliphatic carbocycles. The third kappa shape index (κ3) is 1.87. The fourth-order valence-electron chi connectivity index (χ4n) is 1.31. The SMILES string of the molecule is COc1ccc(-n2ccnc2C(N)=S)nc1. The number of hydrogen-bond donors (Lipinski definition) is 1. The van der Waals surface area contributed by atoms with Crippen molar-refractivity contribution in [3.8, 4) is 11.6 Å². The Morgan fingerprint density at radius 2 is 2.25 bits per heavy atom. The molecule has 0 aromatic carbocycles. The molecule has 6 heteroatoms. The summed E-state index contributed by atoms with van der Waals surface area (Å²) >= 11 is 4.89. The molecular formula is C10H10N4OS. The summed E-state index contributed by atoms with van der Waals surface area (Å²) in [5, 5.41) is 0. The van der Waals surface area contributed by atoms with E-state index in [9.17, 15) is 0 Å². The minimum Gasteiger partial charge on any atom is -0.495 e. The van der Waals surface area contributed by atoms with Gasteiger partial charge in [-0.05, 0) is 12.1 Å². The van der Waals surface area contributed by atoms with Crippen molar-refractivity contribution in [1.29, 1.82) is 0 Å². The number of aromatic nitrogens is 3. The average Bonchev–Trinajstić information content (AvgIpc) is 2.78. The predicted molar refractivity (Wildman–Crippen MR) is 63.8 cm³/mol. The number of imidazole rings is 1. The molecule has 82 valence electrons. The first-order valence-corrected chi connectivity index (χ1v) is 4.97. The first-order valence-electron chi connectivity index (χ1n) is 4.56. The second-order valence-corrected chi connectivity index (χ2v) is 3.48. The van der Waals surface area contributed by atoms with E-state index in [1.165, 1.54) is 0 Å². The van der Waals surface area contributed by atoms with Gasteiger partial charge < -0.3 is 10.5 Å². The van der Waals surface area contributed by atoms with Gasteiger partial charge in [0, 0.05) is 12.4 Å². The van der Waals surface area contributed by atoms with E-state index in [1.54, 1.807) is 30.3 Å². The van der Waals surface area contributed by atoms with Gasteiger partial charge in [-0.1, -0.05) is 12.2 Å². The Bertz CT molecular complexity index is 506. The van der Waals surface area contributed by atoms with Crippen molar-refractivity contribution >= 4 is 17.2 Å². The standard InChI is InChI=1S/C10H10N4OS/c1-15-7-2-3-8(13-6-7)14-5-4-12-10(14)9(11)16/h2-6H,1H3,(H2,11,16). The summed E-state index contributed by atoms with van der Waals surface area (Å²) in [6.45, 7) is 0. The number of ether oxygens (including phenoxy) is 1. The van der Waals surface area contributed by atoms with Gasteiger partial charge in [0.15, 0.2) is 5.82 Å². The van der Waals surface area contributed by atoms with Crippen LogP contribution in [0.1, 0.15) is 5.82 Å². The quantitative estimate of drug-likeness (QED) is 0.800. The lowest BCUT2D eigenvalue weighted by Crippen LogP contribution is -2.16. The maximum Gasteiger partial charge on any atom is 0.173 e. The van der Waals surface area contributed by atoms with Gasteiger partial charge in [0.05, 0.1) is 13.3 Å². The first kappa shape index (κ1) is 10.6. The van der Waals surface area contributed by atoms with Gasteiger partial charge in [-0.15, -0.1) is 0 Å². The van der Waals surface area contributed by atoms with Crippen molar-refractivity contribution in [3.05, 3.63) is 36.5 Å². The van der Waals surface area contributed by atoms with Crippen LogP contribution in [0.25, 0.3) is 5.82 Å². The lowest BCUT2D eigenvalue weighted by molar-refractivity contribution is 0.413. The number of hydrogen-bond acceptors (Lipinski definition) is 4. The van der Waals surface area contributed by atoms with E-state index in [-0.39, 0.29) is 4.99 Å². The van der Waals surface area contributed by atoms with Crippen molar-refractivity contribution in [1.82, 2.24) is 14.5 Å². The van der Waals surface area contributed by atoms with Crippen molar-refractivity contribution in [2.45, 2.75) is 0 Å². The molecule has 16 heavy (non-hydrogen) atoms. The van der Waals surface area contributed by atoms with Crippen LogP contribution in [-0.4, -0.2) is 26.6 Å². The monoisotopic (exact) mass is 234 g/mol. The summed E-state index contributed by atoms with van der Waals surface area (Å²) in [7, 11) is 1.59. The van der Waals surface area contributed by atoms with E-state index in [4.69, 9.17) is 22.7 Å². The van der Waals surface area contributed by atoms with Crippen LogP contribution in [0.3, 0.4) is 0 Å². The van der Waals surface area contributed by atoms with Gasteiger partial charge in [-0.3, -0.25) is 4.57 Å². The molecule has 0 atom stereocenters. The van der Waals surface area contributed by atoms with E-state index in [0.29, 0.717) is 17.4 Å². The van der Waals surface area contributed by atoms with Crippen LogP contribution < -0.4 is 10.5 Å². The second-order valence-electron chi connectivity index (χ2n) is 3.04. The zero-order valence-corrected chi connectivity index (χ0v) is 9.44. The number of nitrogens with two attached hydrogens (primary N) is 1. The molecule has 2 N–H and O–H groups in total. The average molecular weight is 234 g/mol. The Kier molecular flexibility index (Phi) is 2.82. The maximum atomic E-state index is 5.55. The molecule has 0 aliphatic heterocycles. The van der Waals surface area contributed by atoms with Crippen LogP contribution in [-0.2, 0) is 0 Å². The molecule has 2 heterocycles. The number of rotatable bonds is 3. The first-order chi connectivity index (χ1) is 7.72. The zero-order chi connectivity index (χ0) is 11.5. The Hall–Kier alpha value is -1.95. The van der Waals surface area contributed by atoms with Crippen LogP contribution in [0.4, 0.5) is 0 Å². The highest BCUT2D eigenvalue weighted by atomic mass is 32.1. The van der Waals surface area contributed by atoms with E-state index in [0.717, 1.165) is 0 Å². The fourth-order valence-corrected chi connectivity index (χ4v) is 1.46. The van der Waals surface area contributed by atoms with Gasteiger partial charge in [0.25, 0.3) is 0 Å². The Morgan fingerprint density at radius 3 is 2.81 bits per heavy atom. The van der Waals surface area contributed by atoms with Gasteiger partial charge in [0.1, 0.15) is 16.6 Å². The Balaban J connectivity index is 2.42. The van der Waals surface area contributed by atoms with Crippen LogP contribution >= 0.6 is 12.2 Å². The zero-order valence-electron chi connectivity index (χ0n) is 8.62. The van der Waals surface area contributed by atoms with E-state index in [2.05, 4.69) is 9.97 Å². The fraction of sp³-hybridized carbons (Fsp3) is 0.100. The van der Waals surface area contributed by atoms with Crippen LogP contribution in [0.2, 0.25) is 0 Å². The maximum absolute atomic E-state index is 5.55. The number of thiocarbonyl (C=S) groups is 1. The van der Waals surface area contributed by atoms with Crippen molar-refractivity contribution in [3.63, 3.8) is 0 Å². The normalized spacial score (nSPS) is 10.1. The molecule has 0 fully saturated rings. The highest BCUT2D eigenvalue weighted by Crippen LogP contribution is 2.12. The summed E-state index contributed by atoms with van der Waals surface area (Å²) in [5.41, 5.74) is 5.55. The lowest BCUT2D eigenvalue weighted by Gasteiger charge is -2.06. The van der Waals surface area contributed by atoms with Crippen molar-refractivity contribution in [2.24, 2.45) is 5.73 Å². The smallest absolute Gasteiger partial charge is 0.173 e. The molecule has 0 saturated carbocycles. The number of nitrogens with zero attached hydrogens (tertiary/aromatic N) is 3. The van der Waals surface area contributed by atoms with Crippen LogP contribution in [0.5, 0.6) is 5.75 Å². The predicted octanol–water partition coefficient (Wildman–Crippen LogP) is 0.910. The molecule has 2 aromatic heterocycles. The Labute approximate surface area is 97.9 Å². The van der Waals surface area contributed by atoms with Crippen LogP contribution in [0, 0.1) is 0 Å². The highest BCUT2D eigenvalue weighted by Gasteiger charge is 2.07. The summed E-state index contributed by atoms with van der Waals surface area (Å²) in [5.74, 6) is 1.91. The highest BCUT2D eigenvalue weighted by molar-refractivity contribution is 7.80. The van der Waals surface area contributed by atoms with E-state index >= 15 is 0 Å². The third-order valence-corrected chi connectivity index (χ3v) is 2.25. The van der Waals surface area contributed by atoms with E-state index < -0.39 is 0 Å². The molecule has 0 unspecified atom stereocenters. The summed E-state index contributed by atoms with van der Waals surface area (Å²) in [4.78, 5) is 8.52. The molecule has 5 nitrogen and oxygen atoms in total. The molecule has 2 aromatic rings. The largest absolute Gasteiger partial charge is 0.495 e. The molecule has 0 amide bonds. The van der Waals surface area contributed by atoms with Crippen molar-refractivity contribution in [2.75, 3.05) is 7.11 Å². The van der Waals surface area contributed by atoms with Gasteiger partial charge in [-0.2, -0.15) is 0 Å². The molecule has 2 rings (SSSR count). The summed E-state index contributed by atoms with van der Waals surface area (Å²) in [6.07, 6.45) is 5.00. The van der Waals surface area contributed by atoms with Crippen LogP contribution in [0.15, 0.2) is 30.7 Å². The van der Waals surface area contributed by atoms with Crippen molar-refractivity contribution < 1.29 is 4.74 Å². The number of methoxy groups -OCH3 is 1. The van der Waals surface area contributed by atoms with E-state index in [1.807, 2.05) is 12.1 Å². The minimum atomic E-state index is 0.239. The second kappa shape index (κ2) is 4.28. The molecular weight excluding hydrogens is 224 g/mol. The molecule has 0 saturated heterocycles. The molecule has 0 spiro atoms. The lowest BCUT2D eigenvalue weighted by atomic mass is 10.4. The summed E-state index contributed by atoms with van der Waals surface area (Å²) < 4.78 is 6.75. The Morgan fingerprint density at radius 1 is 1.44 bits per heavy atom.